The SMILES string of the molecule is CN(CCC#N)CC(O)c1ccc(C#N)cc1. The van der Waals surface area contributed by atoms with E-state index in [2.05, 4.69) is 6.07 Å². The summed E-state index contributed by atoms with van der Waals surface area (Å²) in [5.74, 6) is 0. The molecule has 0 radical (unpaired) electrons. The highest BCUT2D eigenvalue weighted by Crippen LogP contribution is 2.14. The molecular weight excluding hydrogens is 214 g/mol. The van der Waals surface area contributed by atoms with Gasteiger partial charge in [0.1, 0.15) is 0 Å². The van der Waals surface area contributed by atoms with Crippen LogP contribution in [0.25, 0.3) is 0 Å². The molecule has 4 heteroatoms. The van der Waals surface area contributed by atoms with E-state index < -0.39 is 6.10 Å². The van der Waals surface area contributed by atoms with Crippen molar-refractivity contribution >= 4 is 0 Å². The lowest BCUT2D eigenvalue weighted by Crippen LogP contribution is -2.25. The van der Waals surface area contributed by atoms with Crippen LogP contribution < -0.4 is 0 Å². The van der Waals surface area contributed by atoms with Crippen molar-refractivity contribution in [3.8, 4) is 12.1 Å². The second-order valence-corrected chi connectivity index (χ2v) is 3.92. The quantitative estimate of drug-likeness (QED) is 0.829. The molecule has 0 bridgehead atoms. The number of nitriles is 2. The van der Waals surface area contributed by atoms with Gasteiger partial charge in [-0.3, -0.25) is 0 Å². The van der Waals surface area contributed by atoms with E-state index in [0.717, 1.165) is 5.56 Å². The molecule has 0 saturated carbocycles. The van der Waals surface area contributed by atoms with Gasteiger partial charge in [-0.1, -0.05) is 12.1 Å². The molecule has 0 aliphatic rings. The molecule has 0 fully saturated rings. The van der Waals surface area contributed by atoms with Crippen LogP contribution in [0.3, 0.4) is 0 Å². The summed E-state index contributed by atoms with van der Waals surface area (Å²) in [6.07, 6.45) is -0.136. The fourth-order valence-electron chi connectivity index (χ4n) is 1.51. The molecule has 0 amide bonds. The van der Waals surface area contributed by atoms with Gasteiger partial charge in [0.15, 0.2) is 0 Å². The Balaban J connectivity index is 2.55. The van der Waals surface area contributed by atoms with Gasteiger partial charge in [0.2, 0.25) is 0 Å². The van der Waals surface area contributed by atoms with Crippen LogP contribution in [0.4, 0.5) is 0 Å². The van der Waals surface area contributed by atoms with Crippen LogP contribution in [0, 0.1) is 22.7 Å². The molecule has 1 rings (SSSR count). The van der Waals surface area contributed by atoms with Gasteiger partial charge in [-0.15, -0.1) is 0 Å². The third kappa shape index (κ3) is 4.24. The van der Waals surface area contributed by atoms with Crippen molar-refractivity contribution in [3.63, 3.8) is 0 Å². The molecule has 1 aromatic rings. The molecule has 0 aliphatic heterocycles. The summed E-state index contributed by atoms with van der Waals surface area (Å²) in [4.78, 5) is 1.91. The Labute approximate surface area is 101 Å². The Bertz CT molecular complexity index is 427. The van der Waals surface area contributed by atoms with Crippen LogP contribution in [-0.4, -0.2) is 30.1 Å². The lowest BCUT2D eigenvalue weighted by Gasteiger charge is -2.19. The van der Waals surface area contributed by atoms with E-state index in [-0.39, 0.29) is 0 Å². The van der Waals surface area contributed by atoms with Crippen LogP contribution in [0.15, 0.2) is 24.3 Å². The average molecular weight is 229 g/mol. The minimum absolute atomic E-state index is 0.455. The third-order valence-corrected chi connectivity index (χ3v) is 2.51. The molecule has 0 aliphatic carbocycles. The zero-order chi connectivity index (χ0) is 12.7. The van der Waals surface area contributed by atoms with Gasteiger partial charge in [0.05, 0.1) is 23.8 Å². The number of rotatable bonds is 5. The number of benzene rings is 1. The van der Waals surface area contributed by atoms with E-state index in [1.54, 1.807) is 24.3 Å². The molecule has 1 aromatic carbocycles. The lowest BCUT2D eigenvalue weighted by molar-refractivity contribution is 0.128. The number of likely N-dealkylation sites (N-methyl/N-ethyl adjacent to an activating group) is 1. The first-order valence-corrected chi connectivity index (χ1v) is 5.41. The predicted octanol–water partition coefficient (Wildman–Crippen LogP) is 1.44. The second-order valence-electron chi connectivity index (χ2n) is 3.92. The normalized spacial score (nSPS) is 11.8. The van der Waals surface area contributed by atoms with Crippen LogP contribution in [0.5, 0.6) is 0 Å². The van der Waals surface area contributed by atoms with Gasteiger partial charge in [-0.2, -0.15) is 10.5 Å². The summed E-state index contributed by atoms with van der Waals surface area (Å²) in [6, 6.07) is 11.0. The Hall–Kier alpha value is -1.88. The second kappa shape index (κ2) is 6.65. The topological polar surface area (TPSA) is 71.1 Å². The summed E-state index contributed by atoms with van der Waals surface area (Å²) in [5, 5.41) is 27.1. The summed E-state index contributed by atoms with van der Waals surface area (Å²) in [6.45, 7) is 1.12. The van der Waals surface area contributed by atoms with Crippen molar-refractivity contribution in [2.75, 3.05) is 20.1 Å². The summed E-state index contributed by atoms with van der Waals surface area (Å²) < 4.78 is 0. The van der Waals surface area contributed by atoms with Gasteiger partial charge in [-0.05, 0) is 24.7 Å². The van der Waals surface area contributed by atoms with Crippen LogP contribution in [-0.2, 0) is 0 Å². The Morgan fingerprint density at radius 1 is 1.29 bits per heavy atom. The Morgan fingerprint density at radius 3 is 2.47 bits per heavy atom. The van der Waals surface area contributed by atoms with Crippen molar-refractivity contribution in [2.24, 2.45) is 0 Å². The minimum atomic E-state index is -0.591. The highest BCUT2D eigenvalue weighted by atomic mass is 16.3. The number of aliphatic hydroxyl groups is 1. The van der Waals surface area contributed by atoms with E-state index in [1.807, 2.05) is 18.0 Å². The number of hydrogen-bond donors (Lipinski definition) is 1. The standard InChI is InChI=1S/C13H15N3O/c1-16(8-2-7-14)10-13(17)12-5-3-11(9-15)4-6-12/h3-6,13,17H,2,8,10H2,1H3. The molecule has 0 heterocycles. The third-order valence-electron chi connectivity index (χ3n) is 2.51. The molecule has 1 unspecified atom stereocenters. The van der Waals surface area contributed by atoms with Crippen LogP contribution in [0.1, 0.15) is 23.7 Å². The van der Waals surface area contributed by atoms with E-state index >= 15 is 0 Å². The van der Waals surface area contributed by atoms with E-state index in [9.17, 15) is 5.11 Å². The largest absolute Gasteiger partial charge is 0.387 e. The van der Waals surface area contributed by atoms with Gasteiger partial charge in [0, 0.05) is 19.5 Å². The fourth-order valence-corrected chi connectivity index (χ4v) is 1.51. The molecule has 0 saturated heterocycles. The van der Waals surface area contributed by atoms with Crippen molar-refractivity contribution < 1.29 is 5.11 Å². The Kier molecular flexibility index (Phi) is 5.16. The summed E-state index contributed by atoms with van der Waals surface area (Å²) in [7, 11) is 1.87. The molecule has 4 nitrogen and oxygen atoms in total. The molecule has 17 heavy (non-hydrogen) atoms. The lowest BCUT2D eigenvalue weighted by atomic mass is 10.1. The highest BCUT2D eigenvalue weighted by Gasteiger charge is 2.10. The van der Waals surface area contributed by atoms with Crippen molar-refractivity contribution in [1.82, 2.24) is 4.90 Å². The van der Waals surface area contributed by atoms with Gasteiger partial charge in [-0.25, -0.2) is 0 Å². The van der Waals surface area contributed by atoms with Gasteiger partial charge >= 0.3 is 0 Å². The van der Waals surface area contributed by atoms with E-state index in [1.165, 1.54) is 0 Å². The molecule has 1 atom stereocenters. The molecule has 88 valence electrons. The maximum atomic E-state index is 9.95. The fraction of sp³-hybridized carbons (Fsp3) is 0.385. The number of hydrogen-bond acceptors (Lipinski definition) is 4. The van der Waals surface area contributed by atoms with Crippen molar-refractivity contribution in [3.05, 3.63) is 35.4 Å². The maximum Gasteiger partial charge on any atom is 0.0991 e. The Morgan fingerprint density at radius 2 is 1.94 bits per heavy atom. The average Bonchev–Trinajstić information content (AvgIpc) is 2.36. The first-order valence-electron chi connectivity index (χ1n) is 5.41. The monoisotopic (exact) mass is 229 g/mol. The van der Waals surface area contributed by atoms with Crippen molar-refractivity contribution in [2.45, 2.75) is 12.5 Å². The van der Waals surface area contributed by atoms with Gasteiger partial charge < -0.3 is 10.0 Å². The van der Waals surface area contributed by atoms with Crippen LogP contribution >= 0.6 is 0 Å². The minimum Gasteiger partial charge on any atom is -0.387 e. The van der Waals surface area contributed by atoms with Crippen molar-refractivity contribution in [1.29, 1.82) is 10.5 Å². The highest BCUT2D eigenvalue weighted by molar-refractivity contribution is 5.32. The van der Waals surface area contributed by atoms with E-state index in [4.69, 9.17) is 10.5 Å². The first-order chi connectivity index (χ1) is 8.17. The molecular formula is C13H15N3O. The zero-order valence-corrected chi connectivity index (χ0v) is 9.80. The molecule has 0 aromatic heterocycles. The molecule has 0 spiro atoms. The van der Waals surface area contributed by atoms with E-state index in [0.29, 0.717) is 25.1 Å². The van der Waals surface area contributed by atoms with Crippen LogP contribution in [0.2, 0.25) is 0 Å². The van der Waals surface area contributed by atoms with Gasteiger partial charge in [0.25, 0.3) is 0 Å². The first kappa shape index (κ1) is 13.2. The predicted molar refractivity (Wildman–Crippen MR) is 63.8 cm³/mol. The molecule has 1 N–H and O–H groups in total. The number of aliphatic hydroxyl groups excluding tert-OH is 1. The summed E-state index contributed by atoms with van der Waals surface area (Å²) in [5.41, 5.74) is 1.37. The smallest absolute Gasteiger partial charge is 0.0991 e. The maximum absolute atomic E-state index is 9.95. The zero-order valence-electron chi connectivity index (χ0n) is 9.80. The summed E-state index contributed by atoms with van der Waals surface area (Å²) >= 11 is 0. The number of nitrogens with zero attached hydrogens (tertiary/aromatic N) is 3.